The van der Waals surface area contributed by atoms with Crippen LogP contribution in [-0.2, 0) is 6.18 Å². The molecule has 0 aliphatic rings. The van der Waals surface area contributed by atoms with Crippen LogP contribution in [0.15, 0.2) is 42.5 Å². The Kier molecular flexibility index (Phi) is 2.90. The van der Waals surface area contributed by atoms with Crippen molar-refractivity contribution in [3.05, 3.63) is 53.6 Å². The summed E-state index contributed by atoms with van der Waals surface area (Å²) in [6, 6.07) is 10.5. The molecule has 0 spiro atoms. The zero-order chi connectivity index (χ0) is 15.2. The van der Waals surface area contributed by atoms with Crippen LogP contribution in [0.3, 0.4) is 0 Å². The fraction of sp³-hybridized carbons (Fsp3) is 0.133. The topological polar surface area (TPSA) is 43.8 Å². The van der Waals surface area contributed by atoms with E-state index in [0.29, 0.717) is 16.7 Å². The summed E-state index contributed by atoms with van der Waals surface area (Å²) in [5.41, 5.74) is 7.81. The maximum absolute atomic E-state index is 12.8. The van der Waals surface area contributed by atoms with Crippen molar-refractivity contribution in [1.29, 1.82) is 0 Å². The van der Waals surface area contributed by atoms with Crippen LogP contribution in [-0.4, -0.2) is 9.55 Å². The molecule has 21 heavy (non-hydrogen) atoms. The number of alkyl halides is 3. The van der Waals surface area contributed by atoms with E-state index in [2.05, 4.69) is 4.98 Å². The summed E-state index contributed by atoms with van der Waals surface area (Å²) in [6.07, 6.45) is -4.39. The predicted octanol–water partition coefficient (Wildman–Crippen LogP) is 3.93. The smallest absolute Gasteiger partial charge is 0.369 e. The van der Waals surface area contributed by atoms with Crippen LogP contribution in [0.25, 0.3) is 16.7 Å². The Bertz CT molecular complexity index is 819. The number of rotatable bonds is 1. The molecular weight excluding hydrogens is 279 g/mol. The molecule has 3 nitrogen and oxygen atoms in total. The van der Waals surface area contributed by atoms with Gasteiger partial charge < -0.3 is 5.73 Å². The van der Waals surface area contributed by atoms with Crippen LogP contribution in [0.4, 0.5) is 19.1 Å². The van der Waals surface area contributed by atoms with Gasteiger partial charge in [0.25, 0.3) is 0 Å². The lowest BCUT2D eigenvalue weighted by Gasteiger charge is -2.11. The number of fused-ring (bicyclic) bond motifs is 1. The number of halogens is 3. The van der Waals surface area contributed by atoms with Crippen LogP contribution in [0.2, 0.25) is 0 Å². The van der Waals surface area contributed by atoms with Crippen LogP contribution in [0.1, 0.15) is 11.1 Å². The Labute approximate surface area is 118 Å². The highest BCUT2D eigenvalue weighted by Crippen LogP contribution is 2.32. The number of hydrogen-bond acceptors (Lipinski definition) is 2. The van der Waals surface area contributed by atoms with E-state index in [-0.39, 0.29) is 5.95 Å². The highest BCUT2D eigenvalue weighted by molar-refractivity contribution is 5.83. The van der Waals surface area contributed by atoms with E-state index in [1.165, 1.54) is 10.6 Å². The average Bonchev–Trinajstić information content (AvgIpc) is 2.76. The van der Waals surface area contributed by atoms with Gasteiger partial charge in [0.15, 0.2) is 0 Å². The van der Waals surface area contributed by atoms with E-state index in [1.54, 1.807) is 12.1 Å². The van der Waals surface area contributed by atoms with Gasteiger partial charge in [0.1, 0.15) is 0 Å². The molecule has 0 aliphatic heterocycles. The number of aromatic nitrogens is 2. The minimum absolute atomic E-state index is 0.165. The molecule has 1 aromatic heterocycles. The standard InChI is InChI=1S/C15H12F3N3/c1-9-4-2-7-12-13(9)20-14(19)21(12)11-6-3-5-10(8-11)15(16,17)18/h2-8H,1H3,(H2,19,20). The molecule has 2 aromatic carbocycles. The molecule has 0 radical (unpaired) electrons. The first-order chi connectivity index (χ1) is 9.88. The second-order valence-electron chi connectivity index (χ2n) is 4.80. The number of nitrogen functional groups attached to an aromatic ring is 1. The van der Waals surface area contributed by atoms with Crippen molar-refractivity contribution < 1.29 is 13.2 Å². The number of para-hydroxylation sites is 1. The lowest BCUT2D eigenvalue weighted by Crippen LogP contribution is -2.07. The molecule has 0 saturated carbocycles. The van der Waals surface area contributed by atoms with E-state index in [1.807, 2.05) is 19.1 Å². The van der Waals surface area contributed by atoms with Crippen LogP contribution in [0.5, 0.6) is 0 Å². The van der Waals surface area contributed by atoms with Gasteiger partial charge in [0, 0.05) is 5.69 Å². The van der Waals surface area contributed by atoms with Gasteiger partial charge >= 0.3 is 6.18 Å². The first-order valence-electron chi connectivity index (χ1n) is 6.29. The van der Waals surface area contributed by atoms with E-state index < -0.39 is 11.7 Å². The van der Waals surface area contributed by atoms with Crippen LogP contribution < -0.4 is 5.73 Å². The van der Waals surface area contributed by atoms with Gasteiger partial charge in [-0.05, 0) is 36.8 Å². The number of nitrogens with two attached hydrogens (primary N) is 1. The number of anilines is 1. The molecule has 0 fully saturated rings. The average molecular weight is 291 g/mol. The highest BCUT2D eigenvalue weighted by Gasteiger charge is 2.30. The summed E-state index contributed by atoms with van der Waals surface area (Å²) >= 11 is 0. The monoisotopic (exact) mass is 291 g/mol. The largest absolute Gasteiger partial charge is 0.416 e. The van der Waals surface area contributed by atoms with Gasteiger partial charge in [-0.2, -0.15) is 13.2 Å². The van der Waals surface area contributed by atoms with Crippen molar-refractivity contribution >= 4 is 17.0 Å². The van der Waals surface area contributed by atoms with Gasteiger partial charge in [-0.3, -0.25) is 4.57 Å². The number of nitrogens with zero attached hydrogens (tertiary/aromatic N) is 2. The summed E-state index contributed by atoms with van der Waals surface area (Å²) in [6.45, 7) is 1.88. The molecule has 0 aliphatic carbocycles. The van der Waals surface area contributed by atoms with Crippen molar-refractivity contribution in [3.63, 3.8) is 0 Å². The maximum Gasteiger partial charge on any atom is 0.416 e. The van der Waals surface area contributed by atoms with Crippen molar-refractivity contribution in [1.82, 2.24) is 9.55 Å². The zero-order valence-electron chi connectivity index (χ0n) is 11.1. The molecule has 0 atom stereocenters. The summed E-state index contributed by atoms with van der Waals surface area (Å²) in [4.78, 5) is 4.24. The molecule has 3 rings (SSSR count). The Balaban J connectivity index is 2.26. The third kappa shape index (κ3) is 2.22. The van der Waals surface area contributed by atoms with Crippen LogP contribution >= 0.6 is 0 Å². The second-order valence-corrected chi connectivity index (χ2v) is 4.80. The number of benzene rings is 2. The summed E-state index contributed by atoms with van der Waals surface area (Å²) in [5, 5.41) is 0. The van der Waals surface area contributed by atoms with E-state index in [4.69, 9.17) is 5.73 Å². The molecule has 3 aromatic rings. The molecule has 1 heterocycles. The van der Waals surface area contributed by atoms with Crippen molar-refractivity contribution in [2.75, 3.05) is 5.73 Å². The Hall–Kier alpha value is -2.50. The van der Waals surface area contributed by atoms with Gasteiger partial charge in [-0.1, -0.05) is 18.2 Å². The lowest BCUT2D eigenvalue weighted by molar-refractivity contribution is -0.137. The van der Waals surface area contributed by atoms with Gasteiger partial charge in [0.2, 0.25) is 5.95 Å². The fourth-order valence-corrected chi connectivity index (χ4v) is 2.35. The molecular formula is C15H12F3N3. The van der Waals surface area contributed by atoms with Crippen molar-refractivity contribution in [3.8, 4) is 5.69 Å². The van der Waals surface area contributed by atoms with Crippen molar-refractivity contribution in [2.45, 2.75) is 13.1 Å². The minimum Gasteiger partial charge on any atom is -0.369 e. The maximum atomic E-state index is 12.8. The molecule has 0 amide bonds. The molecule has 0 saturated heterocycles. The van der Waals surface area contributed by atoms with Gasteiger partial charge in [-0.25, -0.2) is 4.98 Å². The van der Waals surface area contributed by atoms with E-state index in [0.717, 1.165) is 17.7 Å². The molecule has 6 heteroatoms. The lowest BCUT2D eigenvalue weighted by atomic mass is 10.1. The number of imidazole rings is 1. The van der Waals surface area contributed by atoms with Gasteiger partial charge in [0.05, 0.1) is 16.6 Å². The third-order valence-corrected chi connectivity index (χ3v) is 3.34. The third-order valence-electron chi connectivity index (χ3n) is 3.34. The SMILES string of the molecule is Cc1cccc2c1nc(N)n2-c1cccc(C(F)(F)F)c1. The van der Waals surface area contributed by atoms with E-state index in [9.17, 15) is 13.2 Å². The molecule has 108 valence electrons. The predicted molar refractivity (Wildman–Crippen MR) is 75.2 cm³/mol. The number of aryl methyl sites for hydroxylation is 1. The Morgan fingerprint density at radius 1 is 1.10 bits per heavy atom. The first kappa shape index (κ1) is 13.5. The summed E-state index contributed by atoms with van der Waals surface area (Å²) < 4.78 is 40.0. The fourth-order valence-electron chi connectivity index (χ4n) is 2.35. The molecule has 0 bridgehead atoms. The quantitative estimate of drug-likeness (QED) is 0.738. The summed E-state index contributed by atoms with van der Waals surface area (Å²) in [5.74, 6) is 0.165. The Morgan fingerprint density at radius 2 is 1.81 bits per heavy atom. The zero-order valence-corrected chi connectivity index (χ0v) is 11.1. The second kappa shape index (κ2) is 4.51. The normalized spacial score (nSPS) is 12.0. The summed E-state index contributed by atoms with van der Waals surface area (Å²) in [7, 11) is 0. The first-order valence-corrected chi connectivity index (χ1v) is 6.29. The van der Waals surface area contributed by atoms with Crippen LogP contribution in [0, 0.1) is 6.92 Å². The Morgan fingerprint density at radius 3 is 2.52 bits per heavy atom. The van der Waals surface area contributed by atoms with E-state index >= 15 is 0 Å². The van der Waals surface area contributed by atoms with Crippen molar-refractivity contribution in [2.24, 2.45) is 0 Å². The van der Waals surface area contributed by atoms with Gasteiger partial charge in [-0.15, -0.1) is 0 Å². The number of hydrogen-bond donors (Lipinski definition) is 1. The highest BCUT2D eigenvalue weighted by atomic mass is 19.4. The molecule has 2 N–H and O–H groups in total. The minimum atomic E-state index is -4.39. The molecule has 0 unspecified atom stereocenters.